The topological polar surface area (TPSA) is 16.1 Å². The lowest BCUT2D eigenvalue weighted by Crippen LogP contribution is -2.19. The minimum atomic E-state index is 1.07. The van der Waals surface area contributed by atoms with Gasteiger partial charge in [-0.05, 0) is 25.0 Å². The van der Waals surface area contributed by atoms with E-state index in [4.69, 9.17) is 0 Å². The molecule has 0 atom stereocenters. The zero-order chi connectivity index (χ0) is 9.68. The highest BCUT2D eigenvalue weighted by molar-refractivity contribution is 5.37. The average molecular weight is 178 g/mol. The largest absolute Gasteiger partial charge is 0.360 e. The third-order valence-electron chi connectivity index (χ3n) is 2.13. The lowest BCUT2D eigenvalue weighted by molar-refractivity contribution is 0.759. The Morgan fingerprint density at radius 3 is 2.69 bits per heavy atom. The van der Waals surface area contributed by atoms with Gasteiger partial charge in [-0.3, -0.25) is 0 Å². The molecule has 2 heteroatoms. The fraction of sp³-hybridized carbons (Fsp3) is 0.545. The molecule has 0 aliphatic heterocycles. The Morgan fingerprint density at radius 1 is 1.38 bits per heavy atom. The summed E-state index contributed by atoms with van der Waals surface area (Å²) in [6.07, 6.45) is 4.38. The number of rotatable bonds is 4. The fourth-order valence-electron chi connectivity index (χ4n) is 1.20. The van der Waals surface area contributed by atoms with Gasteiger partial charge < -0.3 is 4.90 Å². The van der Waals surface area contributed by atoms with Gasteiger partial charge in [-0.1, -0.05) is 19.4 Å². The number of nitrogens with zero attached hydrogens (tertiary/aromatic N) is 2. The van der Waals surface area contributed by atoms with Crippen LogP contribution < -0.4 is 4.90 Å². The molecule has 0 saturated carbocycles. The van der Waals surface area contributed by atoms with Crippen molar-refractivity contribution in [3.63, 3.8) is 0 Å². The standard InChI is InChI=1S/C11H18N2/c1-4-5-8-13(3)11-7-6-10(2)9-12-11/h6-7,9H,4-5,8H2,1-3H3. The van der Waals surface area contributed by atoms with E-state index in [0.717, 1.165) is 12.4 Å². The van der Waals surface area contributed by atoms with Gasteiger partial charge in [0.05, 0.1) is 0 Å². The van der Waals surface area contributed by atoms with Crippen molar-refractivity contribution in [3.05, 3.63) is 23.9 Å². The van der Waals surface area contributed by atoms with E-state index in [-0.39, 0.29) is 0 Å². The lowest BCUT2D eigenvalue weighted by atomic mass is 10.3. The van der Waals surface area contributed by atoms with Crippen LogP contribution in [0, 0.1) is 6.92 Å². The van der Waals surface area contributed by atoms with Crippen LogP contribution >= 0.6 is 0 Å². The van der Waals surface area contributed by atoms with Crippen molar-refractivity contribution in [1.82, 2.24) is 4.98 Å². The van der Waals surface area contributed by atoms with Crippen LogP contribution in [0.25, 0.3) is 0 Å². The molecular formula is C11H18N2. The molecule has 0 aliphatic carbocycles. The van der Waals surface area contributed by atoms with Gasteiger partial charge in [0.15, 0.2) is 0 Å². The normalized spacial score (nSPS) is 10.1. The summed E-state index contributed by atoms with van der Waals surface area (Å²) < 4.78 is 0. The number of hydrogen-bond donors (Lipinski definition) is 0. The van der Waals surface area contributed by atoms with Crippen LogP contribution in [-0.2, 0) is 0 Å². The van der Waals surface area contributed by atoms with Gasteiger partial charge in [-0.2, -0.15) is 0 Å². The van der Waals surface area contributed by atoms with E-state index < -0.39 is 0 Å². The van der Waals surface area contributed by atoms with Crippen LogP contribution in [-0.4, -0.2) is 18.6 Å². The molecule has 72 valence electrons. The molecule has 0 aromatic carbocycles. The Kier molecular flexibility index (Phi) is 3.74. The van der Waals surface area contributed by atoms with Crippen molar-refractivity contribution in [2.75, 3.05) is 18.5 Å². The lowest BCUT2D eigenvalue weighted by Gasteiger charge is -2.17. The van der Waals surface area contributed by atoms with Gasteiger partial charge >= 0.3 is 0 Å². The molecule has 1 heterocycles. The van der Waals surface area contributed by atoms with E-state index >= 15 is 0 Å². The zero-order valence-corrected chi connectivity index (χ0v) is 8.75. The van der Waals surface area contributed by atoms with Gasteiger partial charge in [0, 0.05) is 19.8 Å². The second-order valence-electron chi connectivity index (χ2n) is 3.47. The molecule has 0 saturated heterocycles. The van der Waals surface area contributed by atoms with E-state index in [1.807, 2.05) is 6.20 Å². The zero-order valence-electron chi connectivity index (χ0n) is 8.75. The minimum absolute atomic E-state index is 1.07. The van der Waals surface area contributed by atoms with Gasteiger partial charge in [0.1, 0.15) is 5.82 Å². The Labute approximate surface area is 80.6 Å². The highest BCUT2D eigenvalue weighted by Crippen LogP contribution is 2.09. The number of unbranched alkanes of at least 4 members (excludes halogenated alkanes) is 1. The highest BCUT2D eigenvalue weighted by atomic mass is 15.2. The Bertz CT molecular complexity index is 241. The molecule has 0 bridgehead atoms. The summed E-state index contributed by atoms with van der Waals surface area (Å²) in [6.45, 7) is 5.35. The molecule has 0 unspecified atom stereocenters. The minimum Gasteiger partial charge on any atom is -0.360 e. The second-order valence-corrected chi connectivity index (χ2v) is 3.47. The van der Waals surface area contributed by atoms with E-state index in [1.165, 1.54) is 18.4 Å². The van der Waals surface area contributed by atoms with Crippen LogP contribution in [0.15, 0.2) is 18.3 Å². The van der Waals surface area contributed by atoms with Crippen molar-refractivity contribution in [1.29, 1.82) is 0 Å². The fourth-order valence-corrected chi connectivity index (χ4v) is 1.20. The molecule has 1 aromatic rings. The summed E-state index contributed by atoms with van der Waals surface area (Å²) in [5.74, 6) is 1.07. The highest BCUT2D eigenvalue weighted by Gasteiger charge is 1.99. The first kappa shape index (κ1) is 10.0. The van der Waals surface area contributed by atoms with Crippen molar-refractivity contribution < 1.29 is 0 Å². The van der Waals surface area contributed by atoms with Crippen molar-refractivity contribution in [2.45, 2.75) is 26.7 Å². The summed E-state index contributed by atoms with van der Waals surface area (Å²) in [6, 6.07) is 4.18. The molecule has 0 N–H and O–H groups in total. The van der Waals surface area contributed by atoms with E-state index in [1.54, 1.807) is 0 Å². The van der Waals surface area contributed by atoms with Crippen molar-refractivity contribution in [3.8, 4) is 0 Å². The quantitative estimate of drug-likeness (QED) is 0.704. The summed E-state index contributed by atoms with van der Waals surface area (Å²) in [5.41, 5.74) is 1.22. The van der Waals surface area contributed by atoms with E-state index in [9.17, 15) is 0 Å². The number of aryl methyl sites for hydroxylation is 1. The molecule has 0 spiro atoms. The van der Waals surface area contributed by atoms with Crippen LogP contribution in [0.5, 0.6) is 0 Å². The van der Waals surface area contributed by atoms with E-state index in [2.05, 4.69) is 42.9 Å². The number of aromatic nitrogens is 1. The number of pyridine rings is 1. The maximum Gasteiger partial charge on any atom is 0.128 e. The summed E-state index contributed by atoms with van der Waals surface area (Å²) in [5, 5.41) is 0. The summed E-state index contributed by atoms with van der Waals surface area (Å²) in [4.78, 5) is 6.55. The van der Waals surface area contributed by atoms with Crippen molar-refractivity contribution >= 4 is 5.82 Å². The van der Waals surface area contributed by atoms with Crippen molar-refractivity contribution in [2.24, 2.45) is 0 Å². The van der Waals surface area contributed by atoms with Crippen LogP contribution in [0.1, 0.15) is 25.3 Å². The molecule has 2 nitrogen and oxygen atoms in total. The Morgan fingerprint density at radius 2 is 2.15 bits per heavy atom. The number of hydrogen-bond acceptors (Lipinski definition) is 2. The summed E-state index contributed by atoms with van der Waals surface area (Å²) in [7, 11) is 2.09. The molecule has 13 heavy (non-hydrogen) atoms. The first-order chi connectivity index (χ1) is 6.24. The summed E-state index contributed by atoms with van der Waals surface area (Å²) >= 11 is 0. The maximum atomic E-state index is 4.36. The molecule has 1 rings (SSSR count). The Hall–Kier alpha value is -1.05. The monoisotopic (exact) mass is 178 g/mol. The van der Waals surface area contributed by atoms with Crippen LogP contribution in [0.2, 0.25) is 0 Å². The predicted molar refractivity (Wildman–Crippen MR) is 57.2 cm³/mol. The SMILES string of the molecule is CCCCN(C)c1ccc(C)cn1. The van der Waals surface area contributed by atoms with Gasteiger partial charge in [0.25, 0.3) is 0 Å². The Balaban J connectivity index is 2.55. The number of anilines is 1. The van der Waals surface area contributed by atoms with Gasteiger partial charge in [0.2, 0.25) is 0 Å². The third-order valence-corrected chi connectivity index (χ3v) is 2.13. The molecule has 0 fully saturated rings. The molecule has 0 radical (unpaired) electrons. The molecule has 0 aliphatic rings. The average Bonchev–Trinajstić information content (AvgIpc) is 2.15. The van der Waals surface area contributed by atoms with Gasteiger partial charge in [-0.25, -0.2) is 4.98 Å². The maximum absolute atomic E-state index is 4.36. The van der Waals surface area contributed by atoms with E-state index in [0.29, 0.717) is 0 Å². The first-order valence-electron chi connectivity index (χ1n) is 4.88. The second kappa shape index (κ2) is 4.85. The van der Waals surface area contributed by atoms with Crippen LogP contribution in [0.3, 0.4) is 0 Å². The first-order valence-corrected chi connectivity index (χ1v) is 4.88. The predicted octanol–water partition coefficient (Wildman–Crippen LogP) is 2.63. The van der Waals surface area contributed by atoms with Gasteiger partial charge in [-0.15, -0.1) is 0 Å². The third kappa shape index (κ3) is 3.05. The molecule has 1 aromatic heterocycles. The molecular weight excluding hydrogens is 160 g/mol. The smallest absolute Gasteiger partial charge is 0.128 e. The van der Waals surface area contributed by atoms with Crippen LogP contribution in [0.4, 0.5) is 5.82 Å². The molecule has 0 amide bonds.